The van der Waals surface area contributed by atoms with Crippen LogP contribution in [0.5, 0.6) is 0 Å². The van der Waals surface area contributed by atoms with Gasteiger partial charge in [0, 0.05) is 6.20 Å². The SMILES string of the molecule is Cc1ccnc2c1nc(CCl)n2-c1ccc(F)cc1Cl. The van der Waals surface area contributed by atoms with Crippen molar-refractivity contribution in [1.82, 2.24) is 14.5 Å². The number of hydrogen-bond acceptors (Lipinski definition) is 2. The van der Waals surface area contributed by atoms with E-state index in [4.69, 9.17) is 23.2 Å². The van der Waals surface area contributed by atoms with E-state index in [0.717, 1.165) is 11.1 Å². The molecule has 102 valence electrons. The van der Waals surface area contributed by atoms with Crippen molar-refractivity contribution in [2.24, 2.45) is 0 Å². The Hall–Kier alpha value is -1.65. The molecule has 0 radical (unpaired) electrons. The van der Waals surface area contributed by atoms with Crippen LogP contribution in [0.2, 0.25) is 5.02 Å². The van der Waals surface area contributed by atoms with Crippen LogP contribution in [0.4, 0.5) is 4.39 Å². The molecular weight excluding hydrogens is 300 g/mol. The number of fused-ring (bicyclic) bond motifs is 1. The van der Waals surface area contributed by atoms with Crippen molar-refractivity contribution in [2.75, 3.05) is 0 Å². The Morgan fingerprint density at radius 3 is 2.80 bits per heavy atom. The summed E-state index contributed by atoms with van der Waals surface area (Å²) in [5, 5.41) is 0.291. The van der Waals surface area contributed by atoms with E-state index in [0.29, 0.717) is 22.2 Å². The maximum Gasteiger partial charge on any atom is 0.165 e. The van der Waals surface area contributed by atoms with Crippen molar-refractivity contribution in [3.8, 4) is 5.69 Å². The summed E-state index contributed by atoms with van der Waals surface area (Å²) in [7, 11) is 0. The summed E-state index contributed by atoms with van der Waals surface area (Å²) in [6, 6.07) is 6.08. The van der Waals surface area contributed by atoms with Crippen LogP contribution in [0.1, 0.15) is 11.4 Å². The van der Waals surface area contributed by atoms with Crippen LogP contribution in [0.15, 0.2) is 30.5 Å². The molecule has 1 aromatic carbocycles. The van der Waals surface area contributed by atoms with Crippen LogP contribution < -0.4 is 0 Å². The molecule has 0 N–H and O–H groups in total. The zero-order valence-electron chi connectivity index (χ0n) is 10.6. The number of rotatable bonds is 2. The van der Waals surface area contributed by atoms with Crippen molar-refractivity contribution in [1.29, 1.82) is 0 Å². The molecule has 6 heteroatoms. The first-order chi connectivity index (χ1) is 9.61. The third-order valence-electron chi connectivity index (χ3n) is 3.09. The van der Waals surface area contributed by atoms with Crippen molar-refractivity contribution in [3.05, 3.63) is 52.7 Å². The minimum Gasteiger partial charge on any atom is -0.278 e. The van der Waals surface area contributed by atoms with Gasteiger partial charge in [-0.25, -0.2) is 14.4 Å². The standard InChI is InChI=1S/C14H10Cl2FN3/c1-8-4-5-18-14-13(8)19-12(7-15)20(14)11-3-2-9(17)6-10(11)16/h2-6H,7H2,1H3. The van der Waals surface area contributed by atoms with Crippen molar-refractivity contribution < 1.29 is 4.39 Å². The molecule has 0 atom stereocenters. The summed E-state index contributed by atoms with van der Waals surface area (Å²) in [6.45, 7) is 1.95. The van der Waals surface area contributed by atoms with E-state index in [2.05, 4.69) is 9.97 Å². The van der Waals surface area contributed by atoms with Gasteiger partial charge < -0.3 is 0 Å². The predicted octanol–water partition coefficient (Wildman–Crippen LogP) is 4.26. The molecule has 3 rings (SSSR count). The number of aryl methyl sites for hydroxylation is 1. The summed E-state index contributed by atoms with van der Waals surface area (Å²) < 4.78 is 15.0. The maximum absolute atomic E-state index is 13.2. The summed E-state index contributed by atoms with van der Waals surface area (Å²) in [4.78, 5) is 8.83. The highest BCUT2D eigenvalue weighted by Crippen LogP contribution is 2.28. The van der Waals surface area contributed by atoms with Gasteiger partial charge in [0.15, 0.2) is 5.65 Å². The normalized spacial score (nSPS) is 11.2. The molecule has 0 amide bonds. The zero-order chi connectivity index (χ0) is 14.3. The van der Waals surface area contributed by atoms with Crippen LogP contribution in [-0.2, 0) is 5.88 Å². The molecule has 0 aliphatic heterocycles. The second kappa shape index (κ2) is 5.04. The molecule has 0 aliphatic rings. The lowest BCUT2D eigenvalue weighted by Gasteiger charge is -2.09. The number of halogens is 3. The van der Waals surface area contributed by atoms with Gasteiger partial charge in [-0.1, -0.05) is 11.6 Å². The largest absolute Gasteiger partial charge is 0.278 e. The minimum absolute atomic E-state index is 0.212. The highest BCUT2D eigenvalue weighted by atomic mass is 35.5. The number of nitrogens with zero attached hydrogens (tertiary/aromatic N) is 3. The topological polar surface area (TPSA) is 30.7 Å². The van der Waals surface area contributed by atoms with E-state index >= 15 is 0 Å². The Morgan fingerprint density at radius 1 is 1.30 bits per heavy atom. The first-order valence-electron chi connectivity index (χ1n) is 5.96. The lowest BCUT2D eigenvalue weighted by atomic mass is 10.2. The van der Waals surface area contributed by atoms with Gasteiger partial charge in [0.2, 0.25) is 0 Å². The molecule has 20 heavy (non-hydrogen) atoms. The predicted molar refractivity (Wildman–Crippen MR) is 78.1 cm³/mol. The van der Waals surface area contributed by atoms with Gasteiger partial charge >= 0.3 is 0 Å². The summed E-state index contributed by atoms with van der Waals surface area (Å²) in [6.07, 6.45) is 1.70. The van der Waals surface area contributed by atoms with Crippen LogP contribution in [0.3, 0.4) is 0 Å². The lowest BCUT2D eigenvalue weighted by molar-refractivity contribution is 0.627. The molecule has 2 aromatic heterocycles. The molecule has 0 aliphatic carbocycles. The number of aromatic nitrogens is 3. The third-order valence-corrected chi connectivity index (χ3v) is 3.63. The van der Waals surface area contributed by atoms with Crippen LogP contribution in [0.25, 0.3) is 16.9 Å². The molecule has 0 unspecified atom stereocenters. The highest BCUT2D eigenvalue weighted by Gasteiger charge is 2.16. The zero-order valence-corrected chi connectivity index (χ0v) is 12.1. The fourth-order valence-corrected chi connectivity index (χ4v) is 2.58. The Kier molecular flexibility index (Phi) is 3.36. The van der Waals surface area contributed by atoms with Crippen molar-refractivity contribution in [3.63, 3.8) is 0 Å². The highest BCUT2D eigenvalue weighted by molar-refractivity contribution is 6.32. The molecule has 2 heterocycles. The Bertz CT molecular complexity index is 798. The average molecular weight is 310 g/mol. The van der Waals surface area contributed by atoms with E-state index in [1.807, 2.05) is 13.0 Å². The number of benzene rings is 1. The third kappa shape index (κ3) is 2.05. The first kappa shape index (κ1) is 13.3. The van der Waals surface area contributed by atoms with Gasteiger partial charge in [-0.05, 0) is 36.8 Å². The van der Waals surface area contributed by atoms with Gasteiger partial charge in [-0.3, -0.25) is 4.57 Å². The summed E-state index contributed by atoms with van der Waals surface area (Å²) in [5.41, 5.74) is 3.04. The van der Waals surface area contributed by atoms with Gasteiger partial charge in [0.05, 0.1) is 16.6 Å². The van der Waals surface area contributed by atoms with Crippen molar-refractivity contribution in [2.45, 2.75) is 12.8 Å². The molecule has 0 saturated carbocycles. The minimum atomic E-state index is -0.389. The molecule has 3 aromatic rings. The van der Waals surface area contributed by atoms with E-state index in [-0.39, 0.29) is 11.7 Å². The number of imidazole rings is 1. The van der Waals surface area contributed by atoms with Gasteiger partial charge in [0.1, 0.15) is 17.2 Å². The molecular formula is C14H10Cl2FN3. The molecule has 3 nitrogen and oxygen atoms in total. The van der Waals surface area contributed by atoms with Gasteiger partial charge in [-0.15, -0.1) is 11.6 Å². The quantitative estimate of drug-likeness (QED) is 0.662. The van der Waals surface area contributed by atoms with Crippen LogP contribution >= 0.6 is 23.2 Å². The van der Waals surface area contributed by atoms with Crippen molar-refractivity contribution >= 4 is 34.4 Å². The number of hydrogen-bond donors (Lipinski definition) is 0. The summed E-state index contributed by atoms with van der Waals surface area (Å²) in [5.74, 6) is 0.445. The monoisotopic (exact) mass is 309 g/mol. The smallest absolute Gasteiger partial charge is 0.165 e. The molecule has 0 spiro atoms. The average Bonchev–Trinajstić information content (AvgIpc) is 2.79. The van der Waals surface area contributed by atoms with E-state index < -0.39 is 0 Å². The fourth-order valence-electron chi connectivity index (χ4n) is 2.14. The number of pyridine rings is 1. The lowest BCUT2D eigenvalue weighted by Crippen LogP contribution is -2.01. The van der Waals surface area contributed by atoms with Gasteiger partial charge in [0.25, 0.3) is 0 Å². The molecule has 0 bridgehead atoms. The first-order valence-corrected chi connectivity index (χ1v) is 6.87. The Balaban J connectivity index is 2.37. The van der Waals surface area contributed by atoms with Crippen LogP contribution in [-0.4, -0.2) is 14.5 Å². The van der Waals surface area contributed by atoms with Crippen LogP contribution in [0, 0.1) is 12.7 Å². The van der Waals surface area contributed by atoms with E-state index in [1.54, 1.807) is 16.8 Å². The second-order valence-electron chi connectivity index (χ2n) is 4.39. The number of alkyl halides is 1. The van der Waals surface area contributed by atoms with Gasteiger partial charge in [-0.2, -0.15) is 0 Å². The fraction of sp³-hybridized carbons (Fsp3) is 0.143. The van der Waals surface area contributed by atoms with E-state index in [1.165, 1.54) is 12.1 Å². The Labute approximate surface area is 125 Å². The molecule has 0 saturated heterocycles. The Morgan fingerprint density at radius 2 is 2.10 bits per heavy atom. The second-order valence-corrected chi connectivity index (χ2v) is 5.07. The maximum atomic E-state index is 13.2. The molecule has 0 fully saturated rings. The van der Waals surface area contributed by atoms with E-state index in [9.17, 15) is 4.39 Å². The summed E-state index contributed by atoms with van der Waals surface area (Å²) >= 11 is 12.1.